The summed E-state index contributed by atoms with van der Waals surface area (Å²) in [5.74, 6) is -0.942. The molecular formula is C16H17N3O2. The maximum absolute atomic E-state index is 12.0. The molecule has 1 heterocycles. The number of nitrogens with one attached hydrogen (secondary N) is 1. The van der Waals surface area contributed by atoms with Gasteiger partial charge >= 0.3 is 0 Å². The van der Waals surface area contributed by atoms with Crippen LogP contribution in [0.4, 0.5) is 0 Å². The van der Waals surface area contributed by atoms with Crippen molar-refractivity contribution in [2.24, 2.45) is 5.73 Å². The minimum Gasteiger partial charge on any atom is -0.368 e. The highest BCUT2D eigenvalue weighted by atomic mass is 16.2. The molecule has 2 rings (SSSR count). The molecule has 5 heteroatoms. The Morgan fingerprint density at radius 2 is 1.81 bits per heavy atom. The number of primary amides is 1. The van der Waals surface area contributed by atoms with Crippen LogP contribution in [0.3, 0.4) is 0 Å². The fourth-order valence-electron chi connectivity index (χ4n) is 1.97. The van der Waals surface area contributed by atoms with E-state index < -0.39 is 17.9 Å². The summed E-state index contributed by atoms with van der Waals surface area (Å²) < 4.78 is 0. The fraction of sp³-hybridized carbons (Fsp3) is 0.188. The van der Waals surface area contributed by atoms with E-state index in [2.05, 4.69) is 10.3 Å². The Hall–Kier alpha value is -2.69. The van der Waals surface area contributed by atoms with Crippen molar-refractivity contribution in [1.29, 1.82) is 0 Å². The van der Waals surface area contributed by atoms with Gasteiger partial charge in [0.2, 0.25) is 5.91 Å². The van der Waals surface area contributed by atoms with Crippen molar-refractivity contribution < 1.29 is 9.59 Å². The van der Waals surface area contributed by atoms with Crippen LogP contribution in [0, 0.1) is 0 Å². The number of carbonyl (C=O) groups is 2. The average molecular weight is 283 g/mol. The van der Waals surface area contributed by atoms with Crippen molar-refractivity contribution in [3.8, 4) is 0 Å². The second-order valence-corrected chi connectivity index (χ2v) is 4.67. The van der Waals surface area contributed by atoms with Gasteiger partial charge in [-0.2, -0.15) is 0 Å². The predicted octanol–water partition coefficient (Wildman–Crippen LogP) is 1.30. The Morgan fingerprint density at radius 3 is 2.43 bits per heavy atom. The molecular weight excluding hydrogens is 266 g/mol. The highest BCUT2D eigenvalue weighted by Gasteiger charge is 2.19. The van der Waals surface area contributed by atoms with E-state index in [1.807, 2.05) is 30.3 Å². The van der Waals surface area contributed by atoms with Gasteiger partial charge < -0.3 is 11.1 Å². The Bertz CT molecular complexity index is 599. The molecule has 1 aromatic heterocycles. The maximum Gasteiger partial charge on any atom is 0.270 e. The van der Waals surface area contributed by atoms with Gasteiger partial charge in [0.25, 0.3) is 5.91 Å². The number of amides is 2. The summed E-state index contributed by atoms with van der Waals surface area (Å²) in [6.45, 7) is 0. The van der Waals surface area contributed by atoms with Crippen LogP contribution in [0.25, 0.3) is 0 Å². The zero-order chi connectivity index (χ0) is 15.1. The number of benzene rings is 1. The summed E-state index contributed by atoms with van der Waals surface area (Å²) in [5.41, 5.74) is 6.71. The first-order valence-corrected chi connectivity index (χ1v) is 6.72. The van der Waals surface area contributed by atoms with Gasteiger partial charge in [0.15, 0.2) is 0 Å². The Balaban J connectivity index is 1.96. The molecule has 5 nitrogen and oxygen atoms in total. The second-order valence-electron chi connectivity index (χ2n) is 4.67. The third-order valence-electron chi connectivity index (χ3n) is 3.11. The number of nitrogens with two attached hydrogens (primary N) is 1. The molecule has 0 spiro atoms. The molecule has 21 heavy (non-hydrogen) atoms. The molecule has 2 amide bonds. The van der Waals surface area contributed by atoms with Crippen molar-refractivity contribution in [2.75, 3.05) is 0 Å². The molecule has 0 fully saturated rings. The van der Waals surface area contributed by atoms with E-state index in [0.29, 0.717) is 12.8 Å². The van der Waals surface area contributed by atoms with Crippen LogP contribution < -0.4 is 11.1 Å². The molecule has 0 aliphatic rings. The van der Waals surface area contributed by atoms with Gasteiger partial charge in [0, 0.05) is 6.20 Å². The number of hydrogen-bond acceptors (Lipinski definition) is 3. The van der Waals surface area contributed by atoms with Crippen molar-refractivity contribution >= 4 is 11.8 Å². The first-order valence-electron chi connectivity index (χ1n) is 6.72. The van der Waals surface area contributed by atoms with Crippen LogP contribution in [0.15, 0.2) is 54.7 Å². The topological polar surface area (TPSA) is 85.1 Å². The van der Waals surface area contributed by atoms with Crippen LogP contribution in [-0.4, -0.2) is 22.8 Å². The Labute approximate surface area is 123 Å². The second kappa shape index (κ2) is 7.19. The number of hydrogen-bond donors (Lipinski definition) is 2. The van der Waals surface area contributed by atoms with Crippen LogP contribution in [0.2, 0.25) is 0 Å². The molecule has 0 aliphatic carbocycles. The van der Waals surface area contributed by atoms with Gasteiger partial charge in [0.05, 0.1) is 0 Å². The standard InChI is InChI=1S/C16H17N3O2/c17-15(20)13(10-9-12-6-2-1-3-7-12)19-16(21)14-8-4-5-11-18-14/h1-8,11,13H,9-10H2,(H2,17,20)(H,19,21)/t13-/m1/s1. The first kappa shape index (κ1) is 14.7. The van der Waals surface area contributed by atoms with E-state index in [-0.39, 0.29) is 5.69 Å². The van der Waals surface area contributed by atoms with Crippen LogP contribution in [0.5, 0.6) is 0 Å². The minimum atomic E-state index is -0.709. The van der Waals surface area contributed by atoms with Gasteiger partial charge in [-0.15, -0.1) is 0 Å². The van der Waals surface area contributed by atoms with Crippen LogP contribution in [0.1, 0.15) is 22.5 Å². The monoisotopic (exact) mass is 283 g/mol. The third-order valence-corrected chi connectivity index (χ3v) is 3.11. The summed E-state index contributed by atoms with van der Waals surface area (Å²) in [7, 11) is 0. The molecule has 108 valence electrons. The molecule has 0 radical (unpaired) electrons. The van der Waals surface area contributed by atoms with Crippen LogP contribution in [-0.2, 0) is 11.2 Å². The lowest BCUT2D eigenvalue weighted by atomic mass is 10.0. The SMILES string of the molecule is NC(=O)[C@@H](CCc1ccccc1)NC(=O)c1ccccn1. The zero-order valence-corrected chi connectivity index (χ0v) is 11.5. The summed E-state index contributed by atoms with van der Waals surface area (Å²) >= 11 is 0. The van der Waals surface area contributed by atoms with Gasteiger partial charge in [-0.1, -0.05) is 36.4 Å². The number of aromatic nitrogens is 1. The molecule has 0 saturated carbocycles. The highest BCUT2D eigenvalue weighted by molar-refractivity contribution is 5.95. The Kier molecular flexibility index (Phi) is 5.04. The van der Waals surface area contributed by atoms with Gasteiger partial charge in [-0.3, -0.25) is 14.6 Å². The summed E-state index contributed by atoms with van der Waals surface area (Å²) in [6.07, 6.45) is 2.65. The molecule has 1 atom stereocenters. The molecule has 2 aromatic rings. The van der Waals surface area contributed by atoms with E-state index in [1.54, 1.807) is 18.2 Å². The lowest BCUT2D eigenvalue weighted by Crippen LogP contribution is -2.44. The molecule has 0 bridgehead atoms. The lowest BCUT2D eigenvalue weighted by Gasteiger charge is -2.15. The number of carbonyl (C=O) groups excluding carboxylic acids is 2. The number of nitrogens with zero attached hydrogens (tertiary/aromatic N) is 1. The minimum absolute atomic E-state index is 0.267. The molecule has 0 aliphatic heterocycles. The van der Waals surface area contributed by atoms with E-state index in [4.69, 9.17) is 5.73 Å². The van der Waals surface area contributed by atoms with Crippen molar-refractivity contribution in [2.45, 2.75) is 18.9 Å². The quantitative estimate of drug-likeness (QED) is 0.838. The van der Waals surface area contributed by atoms with E-state index >= 15 is 0 Å². The maximum atomic E-state index is 12.0. The average Bonchev–Trinajstić information content (AvgIpc) is 2.52. The number of pyridine rings is 1. The Morgan fingerprint density at radius 1 is 1.10 bits per heavy atom. The van der Waals surface area contributed by atoms with Crippen molar-refractivity contribution in [1.82, 2.24) is 10.3 Å². The first-order chi connectivity index (χ1) is 10.2. The molecule has 0 unspecified atom stereocenters. The summed E-state index contributed by atoms with van der Waals surface area (Å²) in [5, 5.41) is 2.63. The molecule has 0 saturated heterocycles. The van der Waals surface area contributed by atoms with Gasteiger partial charge in [0.1, 0.15) is 11.7 Å². The number of aryl methyl sites for hydroxylation is 1. The van der Waals surface area contributed by atoms with Gasteiger partial charge in [-0.05, 0) is 30.5 Å². The lowest BCUT2D eigenvalue weighted by molar-refractivity contribution is -0.120. The van der Waals surface area contributed by atoms with E-state index in [9.17, 15) is 9.59 Å². The highest BCUT2D eigenvalue weighted by Crippen LogP contribution is 2.06. The zero-order valence-electron chi connectivity index (χ0n) is 11.5. The largest absolute Gasteiger partial charge is 0.368 e. The van der Waals surface area contributed by atoms with Crippen molar-refractivity contribution in [3.05, 3.63) is 66.0 Å². The van der Waals surface area contributed by atoms with E-state index in [1.165, 1.54) is 6.20 Å². The summed E-state index contributed by atoms with van der Waals surface area (Å²) in [6, 6.07) is 14.0. The van der Waals surface area contributed by atoms with Crippen molar-refractivity contribution in [3.63, 3.8) is 0 Å². The van der Waals surface area contributed by atoms with Gasteiger partial charge in [-0.25, -0.2) is 0 Å². The fourth-order valence-corrected chi connectivity index (χ4v) is 1.97. The predicted molar refractivity (Wildman–Crippen MR) is 79.4 cm³/mol. The van der Waals surface area contributed by atoms with E-state index in [0.717, 1.165) is 5.56 Å². The smallest absolute Gasteiger partial charge is 0.270 e. The summed E-state index contributed by atoms with van der Waals surface area (Å²) in [4.78, 5) is 27.4. The third kappa shape index (κ3) is 4.42. The van der Waals surface area contributed by atoms with Crippen LogP contribution >= 0.6 is 0 Å². The normalized spacial score (nSPS) is 11.6. The number of rotatable bonds is 6. The molecule has 1 aromatic carbocycles. The molecule has 3 N–H and O–H groups in total.